The van der Waals surface area contributed by atoms with Gasteiger partial charge in [-0.3, -0.25) is 4.79 Å². The molecule has 190 valence electrons. The Kier molecular flexibility index (Phi) is 7.26. The van der Waals surface area contributed by atoms with Crippen molar-refractivity contribution in [3.8, 4) is 12.1 Å². The molecule has 36 heavy (non-hydrogen) atoms. The number of aromatic nitrogens is 2. The standard InChI is InChI=1S/C24H24ClF3N6O2/c1-3-20(35)34-12-11-33(13-15(34)7-9-29)22-16-8-10-32(14-18(16)30-23(31-22)36-2)19-6-4-5-17(25)21(19)24(26,27)28/h3-6,15H,1,7-8,10-14H2,2H3. The van der Waals surface area contributed by atoms with Crippen molar-refractivity contribution in [2.45, 2.75) is 31.6 Å². The molecule has 12 heteroatoms. The predicted octanol–water partition coefficient (Wildman–Crippen LogP) is 3.84. The lowest BCUT2D eigenvalue weighted by Crippen LogP contribution is -2.55. The number of amides is 1. The summed E-state index contributed by atoms with van der Waals surface area (Å²) >= 11 is 5.94. The molecule has 1 aromatic heterocycles. The van der Waals surface area contributed by atoms with Crippen molar-refractivity contribution in [2.24, 2.45) is 0 Å². The predicted molar refractivity (Wildman–Crippen MR) is 128 cm³/mol. The molecule has 0 aliphatic carbocycles. The Morgan fingerprint density at radius 2 is 2.08 bits per heavy atom. The molecular weight excluding hydrogens is 497 g/mol. The number of carbonyl (C=O) groups excluding carboxylic acids is 1. The second kappa shape index (κ2) is 10.2. The van der Waals surface area contributed by atoms with Gasteiger partial charge in [0.25, 0.3) is 0 Å². The van der Waals surface area contributed by atoms with Crippen LogP contribution < -0.4 is 14.5 Å². The van der Waals surface area contributed by atoms with Gasteiger partial charge in [0, 0.05) is 31.7 Å². The van der Waals surface area contributed by atoms with E-state index in [1.807, 2.05) is 4.90 Å². The summed E-state index contributed by atoms with van der Waals surface area (Å²) in [5.41, 5.74) is 0.476. The zero-order valence-electron chi connectivity index (χ0n) is 19.6. The highest BCUT2D eigenvalue weighted by Crippen LogP contribution is 2.42. The minimum Gasteiger partial charge on any atom is -0.467 e. The fourth-order valence-corrected chi connectivity index (χ4v) is 5.02. The highest BCUT2D eigenvalue weighted by Gasteiger charge is 2.39. The molecule has 4 rings (SSSR count). The Morgan fingerprint density at radius 3 is 2.75 bits per heavy atom. The first-order chi connectivity index (χ1) is 17.2. The van der Waals surface area contributed by atoms with Crippen LogP contribution >= 0.6 is 11.6 Å². The third-order valence-electron chi connectivity index (χ3n) is 6.39. The van der Waals surface area contributed by atoms with Gasteiger partial charge in [0.1, 0.15) is 5.82 Å². The molecule has 1 amide bonds. The molecule has 0 radical (unpaired) electrons. The summed E-state index contributed by atoms with van der Waals surface area (Å²) in [4.78, 5) is 26.5. The second-order valence-corrected chi connectivity index (χ2v) is 8.87. The third-order valence-corrected chi connectivity index (χ3v) is 6.70. The summed E-state index contributed by atoms with van der Waals surface area (Å²) in [5.74, 6) is 0.363. The number of alkyl halides is 3. The molecule has 0 bridgehead atoms. The minimum absolute atomic E-state index is 0.00887. The summed E-state index contributed by atoms with van der Waals surface area (Å²) in [6.45, 7) is 5.16. The number of carbonyl (C=O) groups is 1. The smallest absolute Gasteiger partial charge is 0.419 e. The normalized spacial score (nSPS) is 17.9. The Hall–Kier alpha value is -3.52. The quantitative estimate of drug-likeness (QED) is 0.554. The van der Waals surface area contributed by atoms with Crippen LogP contribution in [0.5, 0.6) is 6.01 Å². The summed E-state index contributed by atoms with van der Waals surface area (Å²) in [7, 11) is 1.42. The highest BCUT2D eigenvalue weighted by molar-refractivity contribution is 6.31. The summed E-state index contributed by atoms with van der Waals surface area (Å²) in [6, 6.07) is 5.99. The minimum atomic E-state index is -4.61. The lowest BCUT2D eigenvalue weighted by molar-refractivity contribution is -0.137. The zero-order chi connectivity index (χ0) is 26.0. The van der Waals surface area contributed by atoms with Crippen molar-refractivity contribution in [1.29, 1.82) is 5.26 Å². The molecule has 1 atom stereocenters. The van der Waals surface area contributed by atoms with Crippen LogP contribution in [0.25, 0.3) is 0 Å². The molecule has 1 fully saturated rings. The second-order valence-electron chi connectivity index (χ2n) is 8.46. The van der Waals surface area contributed by atoms with E-state index in [-0.39, 0.29) is 41.6 Å². The molecule has 1 aromatic carbocycles. The summed E-state index contributed by atoms with van der Waals surface area (Å²) < 4.78 is 46.6. The molecule has 2 aliphatic heterocycles. The van der Waals surface area contributed by atoms with E-state index in [9.17, 15) is 23.2 Å². The summed E-state index contributed by atoms with van der Waals surface area (Å²) in [6.07, 6.45) is -2.84. The Labute approximate surface area is 211 Å². The van der Waals surface area contributed by atoms with E-state index in [0.717, 1.165) is 5.56 Å². The third kappa shape index (κ3) is 4.91. The first-order valence-electron chi connectivity index (χ1n) is 11.3. The lowest BCUT2D eigenvalue weighted by Gasteiger charge is -2.42. The number of nitrogens with zero attached hydrogens (tertiary/aromatic N) is 6. The van der Waals surface area contributed by atoms with Crippen LogP contribution in [0.1, 0.15) is 23.2 Å². The number of hydrogen-bond donors (Lipinski definition) is 0. The molecule has 0 N–H and O–H groups in total. The van der Waals surface area contributed by atoms with Crippen LogP contribution in [0.4, 0.5) is 24.7 Å². The van der Waals surface area contributed by atoms with Gasteiger partial charge in [-0.2, -0.15) is 28.4 Å². The van der Waals surface area contributed by atoms with E-state index in [4.69, 9.17) is 16.3 Å². The van der Waals surface area contributed by atoms with Crippen molar-refractivity contribution >= 4 is 29.0 Å². The largest absolute Gasteiger partial charge is 0.467 e. The molecule has 1 saturated heterocycles. The monoisotopic (exact) mass is 520 g/mol. The maximum absolute atomic E-state index is 13.8. The first kappa shape index (κ1) is 25.6. The molecule has 0 spiro atoms. The van der Waals surface area contributed by atoms with E-state index in [1.54, 1.807) is 9.80 Å². The Balaban J connectivity index is 1.68. The van der Waals surface area contributed by atoms with Gasteiger partial charge in [0.2, 0.25) is 5.91 Å². The number of benzene rings is 1. The Morgan fingerprint density at radius 1 is 1.31 bits per heavy atom. The zero-order valence-corrected chi connectivity index (χ0v) is 20.3. The molecule has 3 heterocycles. The maximum Gasteiger partial charge on any atom is 0.419 e. The molecule has 1 unspecified atom stereocenters. The number of piperazine rings is 1. The average Bonchev–Trinajstić information content (AvgIpc) is 2.86. The fraction of sp³-hybridized carbons (Fsp3) is 0.417. The number of nitriles is 1. The van der Waals surface area contributed by atoms with Crippen molar-refractivity contribution in [1.82, 2.24) is 14.9 Å². The van der Waals surface area contributed by atoms with Gasteiger partial charge in [-0.1, -0.05) is 24.2 Å². The average molecular weight is 521 g/mol. The topological polar surface area (TPSA) is 85.6 Å². The van der Waals surface area contributed by atoms with Gasteiger partial charge in [-0.15, -0.1) is 0 Å². The van der Waals surface area contributed by atoms with Crippen LogP contribution in [0, 0.1) is 11.3 Å². The van der Waals surface area contributed by atoms with Crippen LogP contribution in [-0.2, 0) is 23.9 Å². The fourth-order valence-electron chi connectivity index (χ4n) is 4.74. The number of ether oxygens (including phenoxy) is 1. The van der Waals surface area contributed by atoms with Gasteiger partial charge >= 0.3 is 12.2 Å². The van der Waals surface area contributed by atoms with Gasteiger partial charge in [-0.25, -0.2) is 0 Å². The van der Waals surface area contributed by atoms with E-state index < -0.39 is 11.7 Å². The van der Waals surface area contributed by atoms with E-state index >= 15 is 0 Å². The number of halogens is 4. The number of anilines is 2. The van der Waals surface area contributed by atoms with Gasteiger partial charge in [0.15, 0.2) is 0 Å². The van der Waals surface area contributed by atoms with E-state index in [2.05, 4.69) is 22.6 Å². The van der Waals surface area contributed by atoms with Gasteiger partial charge in [0.05, 0.1) is 54.2 Å². The van der Waals surface area contributed by atoms with Crippen molar-refractivity contribution in [3.05, 3.63) is 52.7 Å². The molecular formula is C24H24ClF3N6O2. The molecule has 2 aliphatic rings. The first-order valence-corrected chi connectivity index (χ1v) is 11.6. The number of fused-ring (bicyclic) bond motifs is 1. The SMILES string of the molecule is C=CC(=O)N1CCN(c2nc(OC)nc3c2CCN(c2cccc(Cl)c2C(F)(F)F)C3)CC1CC#N. The highest BCUT2D eigenvalue weighted by atomic mass is 35.5. The number of rotatable bonds is 5. The number of methoxy groups -OCH3 is 1. The van der Waals surface area contributed by atoms with Crippen LogP contribution in [0.15, 0.2) is 30.9 Å². The van der Waals surface area contributed by atoms with Crippen molar-refractivity contribution in [3.63, 3.8) is 0 Å². The van der Waals surface area contributed by atoms with Gasteiger partial charge < -0.3 is 19.4 Å². The maximum atomic E-state index is 13.8. The Bertz CT molecular complexity index is 1220. The van der Waals surface area contributed by atoms with Crippen LogP contribution in [-0.4, -0.2) is 60.1 Å². The molecule has 0 saturated carbocycles. The van der Waals surface area contributed by atoms with Gasteiger partial charge in [-0.05, 0) is 24.6 Å². The van der Waals surface area contributed by atoms with Crippen molar-refractivity contribution in [2.75, 3.05) is 43.1 Å². The van der Waals surface area contributed by atoms with Crippen LogP contribution in [0.2, 0.25) is 5.02 Å². The van der Waals surface area contributed by atoms with E-state index in [1.165, 1.54) is 31.4 Å². The summed E-state index contributed by atoms with van der Waals surface area (Å²) in [5, 5.41) is 8.93. The van der Waals surface area contributed by atoms with Crippen molar-refractivity contribution < 1.29 is 22.7 Å². The lowest BCUT2D eigenvalue weighted by atomic mass is 10.0. The van der Waals surface area contributed by atoms with Crippen LogP contribution in [0.3, 0.4) is 0 Å². The van der Waals surface area contributed by atoms with E-state index in [0.29, 0.717) is 44.1 Å². The molecule has 2 aromatic rings. The molecule has 8 nitrogen and oxygen atoms in total. The number of hydrogen-bond acceptors (Lipinski definition) is 7.